The molecule has 4 aromatic rings. The fraction of sp³-hybridized carbons (Fsp3) is 0.261. The summed E-state index contributed by atoms with van der Waals surface area (Å²) >= 11 is 1.56. The zero-order valence-electron chi connectivity index (χ0n) is 16.1. The number of fused-ring (bicyclic) bond motifs is 3. The predicted molar refractivity (Wildman–Crippen MR) is 112 cm³/mol. The van der Waals surface area contributed by atoms with E-state index in [0.717, 1.165) is 44.7 Å². The van der Waals surface area contributed by atoms with Crippen LogP contribution in [0.4, 0.5) is 4.39 Å². The number of imidazole rings is 1. The van der Waals surface area contributed by atoms with E-state index in [9.17, 15) is 4.39 Å². The summed E-state index contributed by atoms with van der Waals surface area (Å²) in [5, 5.41) is 1.12. The Morgan fingerprint density at radius 2 is 1.93 bits per heavy atom. The summed E-state index contributed by atoms with van der Waals surface area (Å²) in [4.78, 5) is 6.26. The average Bonchev–Trinajstić information content (AvgIpc) is 3.23. The Balaban J connectivity index is 1.50. The summed E-state index contributed by atoms with van der Waals surface area (Å²) in [6.07, 6.45) is 5.22. The van der Waals surface area contributed by atoms with Gasteiger partial charge in [-0.1, -0.05) is 11.8 Å². The molecule has 1 aliphatic rings. The molecule has 4 nitrogen and oxygen atoms in total. The number of halogens is 1. The van der Waals surface area contributed by atoms with Crippen LogP contribution < -0.4 is 0 Å². The van der Waals surface area contributed by atoms with Crippen molar-refractivity contribution in [1.82, 2.24) is 9.38 Å². The average molecular weight is 408 g/mol. The lowest BCUT2D eigenvalue weighted by molar-refractivity contribution is -0.0950. The van der Waals surface area contributed by atoms with E-state index in [1.54, 1.807) is 37.2 Å². The number of nitrogens with zero attached hydrogens (tertiary/aromatic N) is 2. The second kappa shape index (κ2) is 7.44. The van der Waals surface area contributed by atoms with Crippen molar-refractivity contribution in [3.8, 4) is 0 Å². The standard InChI is InChI=1S/C23H21FN2O2S/c1-27-23(6-10-28-11-7-23)17-13-18(24)15-20(14-17)29-19-3-4-21-16(12-19)2-5-22-25-8-9-26(21)22/h2-5,8-9,12-15H,6-7,10-11H2,1H3. The number of aromatic nitrogens is 2. The number of hydrogen-bond donors (Lipinski definition) is 0. The van der Waals surface area contributed by atoms with Crippen molar-refractivity contribution in [1.29, 1.82) is 0 Å². The third-order valence-corrected chi connectivity index (χ3v) is 6.63. The van der Waals surface area contributed by atoms with Crippen LogP contribution in [0.25, 0.3) is 16.6 Å². The number of hydrogen-bond acceptors (Lipinski definition) is 4. The summed E-state index contributed by atoms with van der Waals surface area (Å²) in [6, 6.07) is 15.6. The molecule has 0 atom stereocenters. The lowest BCUT2D eigenvalue weighted by atomic mass is 9.86. The summed E-state index contributed by atoms with van der Waals surface area (Å²) in [7, 11) is 1.70. The van der Waals surface area contributed by atoms with Gasteiger partial charge in [0.1, 0.15) is 11.5 Å². The molecule has 0 bridgehead atoms. The molecule has 1 fully saturated rings. The van der Waals surface area contributed by atoms with Crippen LogP contribution >= 0.6 is 11.8 Å². The Kier molecular flexibility index (Phi) is 4.78. The van der Waals surface area contributed by atoms with Crippen molar-refractivity contribution < 1.29 is 13.9 Å². The summed E-state index contributed by atoms with van der Waals surface area (Å²) in [5.41, 5.74) is 2.43. The van der Waals surface area contributed by atoms with E-state index in [-0.39, 0.29) is 5.82 Å². The van der Waals surface area contributed by atoms with Crippen molar-refractivity contribution in [2.75, 3.05) is 20.3 Å². The molecule has 0 unspecified atom stereocenters. The summed E-state index contributed by atoms with van der Waals surface area (Å²) in [6.45, 7) is 1.25. The fourth-order valence-corrected chi connectivity index (χ4v) is 5.04. The van der Waals surface area contributed by atoms with Gasteiger partial charge in [-0.2, -0.15) is 0 Å². The topological polar surface area (TPSA) is 35.8 Å². The van der Waals surface area contributed by atoms with E-state index in [0.29, 0.717) is 13.2 Å². The van der Waals surface area contributed by atoms with E-state index in [4.69, 9.17) is 9.47 Å². The number of ether oxygens (including phenoxy) is 2. The van der Waals surface area contributed by atoms with Gasteiger partial charge in [0, 0.05) is 55.3 Å². The lowest BCUT2D eigenvalue weighted by Gasteiger charge is -2.36. The van der Waals surface area contributed by atoms with E-state index >= 15 is 0 Å². The van der Waals surface area contributed by atoms with Gasteiger partial charge in [0.05, 0.1) is 11.1 Å². The highest BCUT2D eigenvalue weighted by molar-refractivity contribution is 7.99. The van der Waals surface area contributed by atoms with E-state index < -0.39 is 5.60 Å². The molecule has 2 aromatic heterocycles. The molecule has 1 aliphatic heterocycles. The van der Waals surface area contributed by atoms with Gasteiger partial charge in [-0.25, -0.2) is 9.37 Å². The predicted octanol–water partition coefficient (Wildman–Crippen LogP) is 5.43. The maximum absolute atomic E-state index is 14.5. The van der Waals surface area contributed by atoms with Crippen LogP contribution in [0.2, 0.25) is 0 Å². The molecule has 0 radical (unpaired) electrons. The highest BCUT2D eigenvalue weighted by atomic mass is 32.2. The molecule has 0 amide bonds. The van der Waals surface area contributed by atoms with Gasteiger partial charge in [-0.3, -0.25) is 4.40 Å². The molecule has 1 saturated heterocycles. The fourth-order valence-electron chi connectivity index (χ4n) is 4.09. The quantitative estimate of drug-likeness (QED) is 0.451. The van der Waals surface area contributed by atoms with E-state index in [1.807, 2.05) is 18.3 Å². The first kappa shape index (κ1) is 18.6. The third kappa shape index (κ3) is 3.41. The van der Waals surface area contributed by atoms with Gasteiger partial charge in [-0.15, -0.1) is 0 Å². The zero-order chi connectivity index (χ0) is 19.8. The molecular weight excluding hydrogens is 387 g/mol. The van der Waals surface area contributed by atoms with Crippen LogP contribution in [0.5, 0.6) is 0 Å². The Labute approximate surface area is 172 Å². The van der Waals surface area contributed by atoms with Gasteiger partial charge in [0.25, 0.3) is 0 Å². The second-order valence-corrected chi connectivity index (χ2v) is 8.44. The van der Waals surface area contributed by atoms with Crippen molar-refractivity contribution in [2.45, 2.75) is 28.2 Å². The maximum Gasteiger partial charge on any atom is 0.137 e. The Morgan fingerprint density at radius 3 is 2.76 bits per heavy atom. The molecule has 148 valence electrons. The molecule has 3 heterocycles. The SMILES string of the molecule is COC1(c2cc(F)cc(Sc3ccc4c(ccc5nccn54)c3)c2)CCOCC1. The molecule has 2 aromatic carbocycles. The Morgan fingerprint density at radius 1 is 1.07 bits per heavy atom. The molecule has 29 heavy (non-hydrogen) atoms. The molecule has 0 aliphatic carbocycles. The second-order valence-electron chi connectivity index (χ2n) is 7.30. The molecular formula is C23H21FN2O2S. The van der Waals surface area contributed by atoms with Gasteiger partial charge >= 0.3 is 0 Å². The third-order valence-electron chi connectivity index (χ3n) is 5.66. The van der Waals surface area contributed by atoms with E-state index in [2.05, 4.69) is 33.7 Å². The molecule has 0 N–H and O–H groups in total. The number of rotatable bonds is 4. The Hall–Kier alpha value is -2.41. The minimum absolute atomic E-state index is 0.242. The highest BCUT2D eigenvalue weighted by Gasteiger charge is 2.35. The van der Waals surface area contributed by atoms with Crippen molar-refractivity contribution in [3.05, 3.63) is 72.3 Å². The van der Waals surface area contributed by atoms with Crippen LogP contribution in [0.1, 0.15) is 18.4 Å². The first-order valence-corrected chi connectivity index (χ1v) is 10.5. The smallest absolute Gasteiger partial charge is 0.137 e. The van der Waals surface area contributed by atoms with Crippen molar-refractivity contribution in [2.24, 2.45) is 0 Å². The number of methoxy groups -OCH3 is 1. The normalized spacial score (nSPS) is 16.5. The summed E-state index contributed by atoms with van der Waals surface area (Å²) in [5.74, 6) is -0.242. The summed E-state index contributed by atoms with van der Waals surface area (Å²) < 4.78 is 27.9. The first-order valence-electron chi connectivity index (χ1n) is 9.65. The van der Waals surface area contributed by atoms with Crippen LogP contribution in [0.15, 0.2) is 70.7 Å². The molecule has 0 spiro atoms. The van der Waals surface area contributed by atoms with Crippen LogP contribution in [0.3, 0.4) is 0 Å². The van der Waals surface area contributed by atoms with E-state index in [1.165, 1.54) is 0 Å². The highest BCUT2D eigenvalue weighted by Crippen LogP contribution is 2.39. The van der Waals surface area contributed by atoms with Crippen molar-refractivity contribution >= 4 is 28.3 Å². The minimum atomic E-state index is -0.480. The number of pyridine rings is 1. The molecule has 0 saturated carbocycles. The van der Waals surface area contributed by atoms with Gasteiger partial charge in [0.15, 0.2) is 0 Å². The van der Waals surface area contributed by atoms with Crippen LogP contribution in [-0.4, -0.2) is 29.7 Å². The van der Waals surface area contributed by atoms with Crippen LogP contribution in [-0.2, 0) is 15.1 Å². The monoisotopic (exact) mass is 408 g/mol. The van der Waals surface area contributed by atoms with Crippen LogP contribution in [0, 0.1) is 5.82 Å². The number of benzene rings is 2. The maximum atomic E-state index is 14.5. The van der Waals surface area contributed by atoms with Gasteiger partial charge in [-0.05, 0) is 59.5 Å². The molecule has 6 heteroatoms. The Bertz CT molecular complexity index is 1180. The van der Waals surface area contributed by atoms with Gasteiger partial charge in [0.2, 0.25) is 0 Å². The molecule has 5 rings (SSSR count). The zero-order valence-corrected chi connectivity index (χ0v) is 16.9. The largest absolute Gasteiger partial charge is 0.381 e. The van der Waals surface area contributed by atoms with Crippen molar-refractivity contribution in [3.63, 3.8) is 0 Å². The lowest BCUT2D eigenvalue weighted by Crippen LogP contribution is -2.35. The first-order chi connectivity index (χ1) is 14.2. The minimum Gasteiger partial charge on any atom is -0.381 e. The van der Waals surface area contributed by atoms with Gasteiger partial charge < -0.3 is 9.47 Å².